The molecule has 0 saturated carbocycles. The molecule has 0 atom stereocenters. The van der Waals surface area contributed by atoms with E-state index < -0.39 is 0 Å². The molecule has 2 heterocycles. The summed E-state index contributed by atoms with van der Waals surface area (Å²) in [4.78, 5) is 8.91. The van der Waals surface area contributed by atoms with Gasteiger partial charge in [-0.15, -0.1) is 0 Å². The van der Waals surface area contributed by atoms with E-state index in [0.717, 1.165) is 61.4 Å². The van der Waals surface area contributed by atoms with Gasteiger partial charge in [-0.3, -0.25) is 0 Å². The number of benzene rings is 8. The quantitative estimate of drug-likeness (QED) is 0.162. The van der Waals surface area contributed by atoms with E-state index in [2.05, 4.69) is 219 Å². The summed E-state index contributed by atoms with van der Waals surface area (Å²) in [6.07, 6.45) is 3.44. The Labute approximate surface area is 346 Å². The molecular formula is C56H42N2O. The summed E-state index contributed by atoms with van der Waals surface area (Å²) in [6.45, 7) is 6.61. The molecule has 1 aromatic heterocycles. The predicted octanol–water partition coefficient (Wildman–Crippen LogP) is 14.9. The minimum Gasteiger partial charge on any atom is -0.438 e. The van der Waals surface area contributed by atoms with Crippen LogP contribution in [0.4, 0.5) is 0 Å². The highest BCUT2D eigenvalue weighted by molar-refractivity contribution is 6.15. The van der Waals surface area contributed by atoms with Crippen molar-refractivity contribution >= 4 is 0 Å². The van der Waals surface area contributed by atoms with Gasteiger partial charge in [0.05, 0.1) is 0 Å². The Bertz CT molecular complexity index is 2840. The van der Waals surface area contributed by atoms with Crippen LogP contribution >= 0.6 is 0 Å². The molecule has 0 saturated heterocycles. The van der Waals surface area contributed by atoms with Gasteiger partial charge in [0.2, 0.25) is 5.88 Å². The van der Waals surface area contributed by atoms with Gasteiger partial charge in [-0.2, -0.15) is 0 Å². The first-order valence-corrected chi connectivity index (χ1v) is 20.2. The summed E-state index contributed by atoms with van der Waals surface area (Å²) in [5.74, 6) is 1.47. The SMILES string of the molecule is Cc1ccc2c(c1-c1ccc(-c3c(-c4ccccc4)c(-c4ccccc4)c(-c4ccccc4)c(-c4ccccc4)c3-c3ccccc3)cc1)Oc1ncncc1C2(C)C. The average Bonchev–Trinajstić information content (AvgIpc) is 3.29. The van der Waals surface area contributed by atoms with Crippen molar-refractivity contribution in [1.29, 1.82) is 0 Å². The van der Waals surface area contributed by atoms with Crippen molar-refractivity contribution in [2.24, 2.45) is 0 Å². The molecule has 9 aromatic rings. The fourth-order valence-electron chi connectivity index (χ4n) is 9.02. The molecule has 0 N–H and O–H groups in total. The van der Waals surface area contributed by atoms with E-state index >= 15 is 0 Å². The van der Waals surface area contributed by atoms with Gasteiger partial charge in [-0.1, -0.05) is 202 Å². The first-order chi connectivity index (χ1) is 29.0. The Kier molecular flexibility index (Phi) is 9.07. The van der Waals surface area contributed by atoms with Crippen molar-refractivity contribution in [3.63, 3.8) is 0 Å². The van der Waals surface area contributed by atoms with Gasteiger partial charge in [0.1, 0.15) is 12.1 Å². The second-order valence-corrected chi connectivity index (χ2v) is 15.8. The first-order valence-electron chi connectivity index (χ1n) is 20.2. The lowest BCUT2D eigenvalue weighted by atomic mass is 9.74. The summed E-state index contributed by atoms with van der Waals surface area (Å²) in [7, 11) is 0. The van der Waals surface area contributed by atoms with Crippen molar-refractivity contribution in [3.05, 3.63) is 217 Å². The number of rotatable bonds is 7. The second kappa shape index (κ2) is 14.9. The molecular weight excluding hydrogens is 717 g/mol. The van der Waals surface area contributed by atoms with Gasteiger partial charge in [-0.25, -0.2) is 9.97 Å². The largest absolute Gasteiger partial charge is 0.438 e. The summed E-state index contributed by atoms with van der Waals surface area (Å²) in [5, 5.41) is 0. The highest BCUT2D eigenvalue weighted by atomic mass is 16.5. The number of nitrogens with zero attached hydrogens (tertiary/aromatic N) is 2. The molecule has 1 aliphatic rings. The number of aromatic nitrogens is 2. The van der Waals surface area contributed by atoms with Gasteiger partial charge in [0.25, 0.3) is 0 Å². The van der Waals surface area contributed by atoms with Gasteiger partial charge in [0, 0.05) is 28.3 Å². The Balaban J connectivity index is 1.32. The minimum atomic E-state index is -0.329. The molecule has 0 spiro atoms. The normalized spacial score (nSPS) is 12.6. The molecule has 8 aromatic carbocycles. The van der Waals surface area contributed by atoms with Crippen molar-refractivity contribution in [1.82, 2.24) is 9.97 Å². The predicted molar refractivity (Wildman–Crippen MR) is 243 cm³/mol. The van der Waals surface area contributed by atoms with Crippen molar-refractivity contribution in [3.8, 4) is 89.5 Å². The van der Waals surface area contributed by atoms with Crippen molar-refractivity contribution in [2.75, 3.05) is 0 Å². The third-order valence-electron chi connectivity index (χ3n) is 11.9. The highest BCUT2D eigenvalue weighted by Gasteiger charge is 2.37. The number of ether oxygens (including phenoxy) is 1. The highest BCUT2D eigenvalue weighted by Crippen LogP contribution is 2.56. The standard InChI is InChI=1S/C56H42N2O/c1-37-29-34-45-54(59-55-46(56(45,2)3)35-57-36-58-55)47(37)43-30-32-44(33-31-43)53-51(41-25-15-7-16-26-41)49(39-21-11-5-12-22-39)48(38-19-9-4-10-20-38)50(40-23-13-6-14-24-40)52(53)42-27-17-8-18-28-42/h4-36H,1-3H3. The molecule has 1 aliphatic heterocycles. The maximum absolute atomic E-state index is 6.68. The number of aryl methyl sites for hydroxylation is 1. The van der Waals surface area contributed by atoms with Crippen LogP contribution in [-0.4, -0.2) is 9.97 Å². The van der Waals surface area contributed by atoms with Crippen LogP contribution in [0.2, 0.25) is 0 Å². The maximum atomic E-state index is 6.68. The van der Waals surface area contributed by atoms with Gasteiger partial charge >= 0.3 is 0 Å². The number of hydrogen-bond donors (Lipinski definition) is 0. The van der Waals surface area contributed by atoms with Crippen LogP contribution < -0.4 is 4.74 Å². The molecule has 0 aliphatic carbocycles. The summed E-state index contributed by atoms with van der Waals surface area (Å²) in [6, 6.07) is 68.1. The third-order valence-corrected chi connectivity index (χ3v) is 11.9. The molecule has 282 valence electrons. The average molecular weight is 759 g/mol. The smallest absolute Gasteiger partial charge is 0.226 e. The topological polar surface area (TPSA) is 35.0 Å². The second-order valence-electron chi connectivity index (χ2n) is 15.8. The molecule has 0 unspecified atom stereocenters. The molecule has 0 bridgehead atoms. The van der Waals surface area contributed by atoms with E-state index in [1.54, 1.807) is 6.33 Å². The van der Waals surface area contributed by atoms with Crippen molar-refractivity contribution in [2.45, 2.75) is 26.2 Å². The zero-order valence-corrected chi connectivity index (χ0v) is 33.4. The Morgan fingerprint density at radius 1 is 0.373 bits per heavy atom. The van der Waals surface area contributed by atoms with Crippen LogP contribution in [-0.2, 0) is 5.41 Å². The monoisotopic (exact) mass is 758 g/mol. The Morgan fingerprint density at radius 2 is 0.712 bits per heavy atom. The summed E-state index contributed by atoms with van der Waals surface area (Å²) in [5.41, 5.74) is 19.2. The van der Waals surface area contributed by atoms with Crippen LogP contribution in [0.25, 0.3) is 77.9 Å². The van der Waals surface area contributed by atoms with Crippen molar-refractivity contribution < 1.29 is 4.74 Å². The Morgan fingerprint density at radius 3 is 1.08 bits per heavy atom. The zero-order valence-electron chi connectivity index (χ0n) is 33.4. The van der Waals surface area contributed by atoms with Crippen LogP contribution in [0.15, 0.2) is 201 Å². The molecule has 3 nitrogen and oxygen atoms in total. The lowest BCUT2D eigenvalue weighted by Gasteiger charge is -2.34. The van der Waals surface area contributed by atoms with Crippen LogP contribution in [0.1, 0.15) is 30.5 Å². The first kappa shape index (κ1) is 36.0. The molecule has 10 rings (SSSR count). The van der Waals surface area contributed by atoms with Gasteiger partial charge in [0.15, 0.2) is 0 Å². The maximum Gasteiger partial charge on any atom is 0.226 e. The fraction of sp³-hybridized carbons (Fsp3) is 0.0714. The summed E-state index contributed by atoms with van der Waals surface area (Å²) < 4.78 is 6.68. The Hall–Kier alpha value is -7.36. The van der Waals surface area contributed by atoms with Crippen LogP contribution in [0.5, 0.6) is 11.6 Å². The lowest BCUT2D eigenvalue weighted by Crippen LogP contribution is -2.25. The molecule has 59 heavy (non-hydrogen) atoms. The van der Waals surface area contributed by atoms with E-state index in [9.17, 15) is 0 Å². The molecule has 0 fully saturated rings. The molecule has 3 heteroatoms. The summed E-state index contributed by atoms with van der Waals surface area (Å²) >= 11 is 0. The van der Waals surface area contributed by atoms with E-state index in [1.165, 1.54) is 38.9 Å². The lowest BCUT2D eigenvalue weighted by molar-refractivity contribution is 0.400. The third kappa shape index (κ3) is 6.23. The minimum absolute atomic E-state index is 0.329. The number of hydrogen-bond acceptors (Lipinski definition) is 3. The van der Waals surface area contributed by atoms with E-state index in [1.807, 2.05) is 6.20 Å². The van der Waals surface area contributed by atoms with Crippen LogP contribution in [0.3, 0.4) is 0 Å². The van der Waals surface area contributed by atoms with Gasteiger partial charge < -0.3 is 4.74 Å². The van der Waals surface area contributed by atoms with E-state index in [0.29, 0.717) is 5.88 Å². The van der Waals surface area contributed by atoms with Gasteiger partial charge in [-0.05, 0) is 84.8 Å². The number of fused-ring (bicyclic) bond motifs is 2. The fourth-order valence-corrected chi connectivity index (χ4v) is 9.02. The van der Waals surface area contributed by atoms with Crippen LogP contribution in [0, 0.1) is 6.92 Å². The molecule has 0 amide bonds. The van der Waals surface area contributed by atoms with E-state index in [-0.39, 0.29) is 5.41 Å². The molecule has 0 radical (unpaired) electrons. The van der Waals surface area contributed by atoms with E-state index in [4.69, 9.17) is 4.74 Å². The zero-order chi connectivity index (χ0) is 39.9.